The number of nitrogens with one attached hydrogen (secondary N) is 1. The first-order valence-corrected chi connectivity index (χ1v) is 8.67. The lowest BCUT2D eigenvalue weighted by molar-refractivity contribution is -0.142. The number of hydrogen-bond acceptors (Lipinski definition) is 5. The second-order valence-corrected chi connectivity index (χ2v) is 5.88. The van der Waals surface area contributed by atoms with Gasteiger partial charge in [0.1, 0.15) is 5.75 Å². The fourth-order valence-corrected chi connectivity index (χ4v) is 2.57. The molecule has 3 rings (SSSR count). The van der Waals surface area contributed by atoms with Crippen LogP contribution in [0.3, 0.4) is 0 Å². The van der Waals surface area contributed by atoms with Crippen LogP contribution in [0, 0.1) is 0 Å². The van der Waals surface area contributed by atoms with Crippen LogP contribution in [0.2, 0.25) is 0 Å². The fraction of sp³-hybridized carbons (Fsp3) is 0.190. The van der Waals surface area contributed by atoms with Crippen molar-refractivity contribution in [1.29, 1.82) is 0 Å². The molecule has 27 heavy (non-hydrogen) atoms. The van der Waals surface area contributed by atoms with Crippen molar-refractivity contribution in [2.45, 2.75) is 20.0 Å². The van der Waals surface area contributed by atoms with Crippen molar-refractivity contribution in [3.63, 3.8) is 0 Å². The highest BCUT2D eigenvalue weighted by molar-refractivity contribution is 5.87. The first-order chi connectivity index (χ1) is 13.1. The van der Waals surface area contributed by atoms with Crippen LogP contribution < -0.4 is 10.3 Å². The minimum absolute atomic E-state index is 0.261. The normalized spacial score (nSPS) is 12.2. The van der Waals surface area contributed by atoms with Gasteiger partial charge in [-0.1, -0.05) is 24.3 Å². The van der Waals surface area contributed by atoms with Gasteiger partial charge in [-0.3, -0.25) is 4.79 Å². The van der Waals surface area contributed by atoms with Crippen LogP contribution in [-0.2, 0) is 9.53 Å². The molecule has 6 heteroatoms. The summed E-state index contributed by atoms with van der Waals surface area (Å²) in [6.07, 6.45) is 2.31. The second-order valence-electron chi connectivity index (χ2n) is 5.88. The second kappa shape index (κ2) is 8.31. The summed E-state index contributed by atoms with van der Waals surface area (Å²) in [7, 11) is 0. The minimum atomic E-state index is -0.681. The van der Waals surface area contributed by atoms with Crippen LogP contribution >= 0.6 is 0 Å². The third kappa shape index (κ3) is 4.61. The lowest BCUT2D eigenvalue weighted by atomic mass is 10.2. The number of para-hydroxylation sites is 1. The Hall–Kier alpha value is -3.41. The number of esters is 1. The van der Waals surface area contributed by atoms with E-state index in [0.717, 1.165) is 11.3 Å². The molecule has 138 valence electrons. The highest BCUT2D eigenvalue weighted by Gasteiger charge is 2.14. The van der Waals surface area contributed by atoms with E-state index in [-0.39, 0.29) is 5.56 Å². The van der Waals surface area contributed by atoms with Crippen LogP contribution in [0.4, 0.5) is 0 Å². The highest BCUT2D eigenvalue weighted by atomic mass is 16.5. The van der Waals surface area contributed by atoms with E-state index in [1.54, 1.807) is 37.3 Å². The summed E-state index contributed by atoms with van der Waals surface area (Å²) in [5, 5.41) is 0.496. The summed E-state index contributed by atoms with van der Waals surface area (Å²) >= 11 is 0. The monoisotopic (exact) mass is 364 g/mol. The first kappa shape index (κ1) is 18.4. The van der Waals surface area contributed by atoms with Gasteiger partial charge in [0.15, 0.2) is 11.9 Å². The predicted molar refractivity (Wildman–Crippen MR) is 104 cm³/mol. The summed E-state index contributed by atoms with van der Waals surface area (Å²) in [4.78, 5) is 31.2. The number of ether oxygens (including phenoxy) is 2. The quantitative estimate of drug-likeness (QED) is 0.533. The van der Waals surface area contributed by atoms with Crippen molar-refractivity contribution in [3.05, 3.63) is 76.3 Å². The van der Waals surface area contributed by atoms with Crippen LogP contribution in [0.15, 0.2) is 59.4 Å². The van der Waals surface area contributed by atoms with Crippen molar-refractivity contribution in [3.8, 4) is 5.75 Å². The van der Waals surface area contributed by atoms with Gasteiger partial charge in [0.05, 0.1) is 17.5 Å². The topological polar surface area (TPSA) is 81.3 Å². The lowest BCUT2D eigenvalue weighted by Gasteiger charge is -2.11. The Morgan fingerprint density at radius 3 is 2.67 bits per heavy atom. The fourth-order valence-electron chi connectivity index (χ4n) is 2.57. The van der Waals surface area contributed by atoms with Crippen molar-refractivity contribution < 1.29 is 14.3 Å². The molecular weight excluding hydrogens is 344 g/mol. The first-order valence-electron chi connectivity index (χ1n) is 8.67. The van der Waals surface area contributed by atoms with Crippen molar-refractivity contribution in [1.82, 2.24) is 9.97 Å². The molecule has 0 bridgehead atoms. The van der Waals surface area contributed by atoms with Crippen LogP contribution in [0.1, 0.15) is 31.3 Å². The van der Waals surface area contributed by atoms with Crippen molar-refractivity contribution in [2.75, 3.05) is 6.61 Å². The number of H-pyrrole nitrogens is 1. The predicted octanol–water partition coefficient (Wildman–Crippen LogP) is 3.64. The molecule has 6 nitrogen and oxygen atoms in total. The Morgan fingerprint density at radius 1 is 1.19 bits per heavy atom. The molecule has 0 saturated heterocycles. The summed E-state index contributed by atoms with van der Waals surface area (Å²) in [5.74, 6) is 0.561. The SMILES string of the molecule is CCOc1ccc(/C=C/C(=O)O[C@@H](C)c2nc3ccccc3c(=O)[nH]2)cc1. The maximum Gasteiger partial charge on any atom is 0.331 e. The molecule has 0 unspecified atom stereocenters. The van der Waals surface area contributed by atoms with E-state index in [2.05, 4.69) is 9.97 Å². The van der Waals surface area contributed by atoms with Crippen molar-refractivity contribution in [2.24, 2.45) is 0 Å². The number of aromatic nitrogens is 2. The number of hydrogen-bond donors (Lipinski definition) is 1. The third-order valence-electron chi connectivity index (χ3n) is 3.91. The van der Waals surface area contributed by atoms with E-state index in [0.29, 0.717) is 23.3 Å². The minimum Gasteiger partial charge on any atom is -0.494 e. The average Bonchev–Trinajstić information content (AvgIpc) is 2.67. The van der Waals surface area contributed by atoms with Gasteiger partial charge >= 0.3 is 5.97 Å². The van der Waals surface area contributed by atoms with Gasteiger partial charge in [0.2, 0.25) is 0 Å². The molecule has 0 radical (unpaired) electrons. The number of carbonyl (C=O) groups excluding carboxylic acids is 1. The third-order valence-corrected chi connectivity index (χ3v) is 3.91. The zero-order chi connectivity index (χ0) is 19.2. The van der Waals surface area contributed by atoms with E-state index in [1.807, 2.05) is 31.2 Å². The molecule has 1 heterocycles. The number of carbonyl (C=O) groups is 1. The molecule has 0 spiro atoms. The number of nitrogens with zero attached hydrogens (tertiary/aromatic N) is 1. The van der Waals surface area contributed by atoms with Gasteiger partial charge in [-0.05, 0) is 49.8 Å². The van der Waals surface area contributed by atoms with E-state index in [9.17, 15) is 9.59 Å². The zero-order valence-corrected chi connectivity index (χ0v) is 15.1. The molecule has 1 atom stereocenters. The summed E-state index contributed by atoms with van der Waals surface area (Å²) in [6, 6.07) is 14.4. The van der Waals surface area contributed by atoms with Gasteiger partial charge in [-0.2, -0.15) is 0 Å². The Balaban J connectivity index is 1.67. The van der Waals surface area contributed by atoms with E-state index >= 15 is 0 Å². The standard InChI is InChI=1S/C21H20N2O4/c1-3-26-16-11-8-15(9-12-16)10-13-19(24)27-14(2)20-22-18-7-5-4-6-17(18)21(25)23-20/h4-14H,3H2,1-2H3,(H,22,23,25)/b13-10+/t14-/m0/s1. The zero-order valence-electron chi connectivity index (χ0n) is 15.1. The Bertz CT molecular complexity index is 1020. The molecule has 0 saturated carbocycles. The van der Waals surface area contributed by atoms with Gasteiger partial charge < -0.3 is 14.5 Å². The van der Waals surface area contributed by atoms with Gasteiger partial charge in [0, 0.05) is 6.08 Å². The number of rotatable bonds is 6. The van der Waals surface area contributed by atoms with Gasteiger partial charge in [-0.15, -0.1) is 0 Å². The summed E-state index contributed by atoms with van der Waals surface area (Å²) < 4.78 is 10.7. The lowest BCUT2D eigenvalue weighted by Crippen LogP contribution is -2.16. The van der Waals surface area contributed by atoms with E-state index in [4.69, 9.17) is 9.47 Å². The number of aromatic amines is 1. The summed E-state index contributed by atoms with van der Waals surface area (Å²) in [6.45, 7) is 4.18. The molecule has 2 aromatic carbocycles. The Kier molecular flexibility index (Phi) is 5.66. The van der Waals surface area contributed by atoms with E-state index in [1.165, 1.54) is 6.08 Å². The molecule has 0 aliphatic rings. The highest BCUT2D eigenvalue weighted by Crippen LogP contribution is 2.16. The van der Waals surface area contributed by atoms with Crippen LogP contribution in [0.25, 0.3) is 17.0 Å². The van der Waals surface area contributed by atoms with E-state index < -0.39 is 12.1 Å². The maximum absolute atomic E-state index is 12.1. The van der Waals surface area contributed by atoms with Gasteiger partial charge in [0.25, 0.3) is 5.56 Å². The molecule has 0 aliphatic carbocycles. The molecule has 0 aliphatic heterocycles. The molecule has 0 amide bonds. The Labute approximate surface area is 156 Å². The largest absolute Gasteiger partial charge is 0.494 e. The molecule has 0 fully saturated rings. The molecular formula is C21H20N2O4. The summed E-state index contributed by atoms with van der Waals surface area (Å²) in [5.41, 5.74) is 1.15. The smallest absolute Gasteiger partial charge is 0.331 e. The Morgan fingerprint density at radius 2 is 1.93 bits per heavy atom. The van der Waals surface area contributed by atoms with Crippen LogP contribution in [-0.4, -0.2) is 22.5 Å². The van der Waals surface area contributed by atoms with Gasteiger partial charge in [-0.25, -0.2) is 9.78 Å². The van der Waals surface area contributed by atoms with Crippen LogP contribution in [0.5, 0.6) is 5.75 Å². The van der Waals surface area contributed by atoms with Crippen molar-refractivity contribution >= 4 is 22.9 Å². The number of fused-ring (bicyclic) bond motifs is 1. The maximum atomic E-state index is 12.1. The molecule has 1 aromatic heterocycles. The molecule has 3 aromatic rings. The number of benzene rings is 2. The molecule has 1 N–H and O–H groups in total. The average molecular weight is 364 g/mol.